The van der Waals surface area contributed by atoms with Gasteiger partial charge in [0.05, 0.1) is 5.69 Å². The Balaban J connectivity index is 1.94. The molecule has 0 bridgehead atoms. The van der Waals surface area contributed by atoms with E-state index in [-0.39, 0.29) is 0 Å². The summed E-state index contributed by atoms with van der Waals surface area (Å²) in [5.74, 6) is 0.706. The zero-order valence-electron chi connectivity index (χ0n) is 13.2. The Labute approximate surface area is 127 Å². The van der Waals surface area contributed by atoms with Crippen LogP contribution in [0.2, 0.25) is 0 Å². The summed E-state index contributed by atoms with van der Waals surface area (Å²) < 4.78 is 0. The van der Waals surface area contributed by atoms with E-state index in [0.29, 0.717) is 5.92 Å². The second-order valence-corrected chi connectivity index (χ2v) is 7.35. The Hall–Kier alpha value is -0.610. The molecule has 20 heavy (non-hydrogen) atoms. The summed E-state index contributed by atoms with van der Waals surface area (Å²) in [7, 11) is 0. The van der Waals surface area contributed by atoms with E-state index >= 15 is 0 Å². The van der Waals surface area contributed by atoms with Crippen molar-refractivity contribution in [1.82, 2.24) is 10.3 Å². The Morgan fingerprint density at radius 3 is 2.45 bits per heavy atom. The highest BCUT2D eigenvalue weighted by Crippen LogP contribution is 2.27. The first-order chi connectivity index (χ1) is 9.66. The zero-order chi connectivity index (χ0) is 14.4. The van der Waals surface area contributed by atoms with Crippen LogP contribution in [-0.4, -0.2) is 24.6 Å². The van der Waals surface area contributed by atoms with Gasteiger partial charge in [-0.15, -0.1) is 11.3 Å². The first-order valence-electron chi connectivity index (χ1n) is 8.09. The number of aryl methyl sites for hydroxylation is 1. The smallest absolute Gasteiger partial charge is 0.185 e. The van der Waals surface area contributed by atoms with Gasteiger partial charge in [-0.3, -0.25) is 0 Å². The highest BCUT2D eigenvalue weighted by atomic mass is 32.1. The van der Waals surface area contributed by atoms with Crippen LogP contribution >= 0.6 is 11.3 Å². The Bertz CT molecular complexity index is 392. The molecule has 0 unspecified atom stereocenters. The molecule has 1 fully saturated rings. The standard InChI is InChI=1S/C16H29N3S/c1-13(2)11-17-12-15-14(3)18-16(20-15)19-9-7-5-4-6-8-10-19/h13,17H,4-12H2,1-3H3. The lowest BCUT2D eigenvalue weighted by Crippen LogP contribution is -2.26. The van der Waals surface area contributed by atoms with E-state index < -0.39 is 0 Å². The van der Waals surface area contributed by atoms with Crippen LogP contribution in [0.1, 0.15) is 56.5 Å². The van der Waals surface area contributed by atoms with Gasteiger partial charge in [-0.1, -0.05) is 33.1 Å². The summed E-state index contributed by atoms with van der Waals surface area (Å²) in [6.45, 7) is 11.1. The number of nitrogens with zero attached hydrogens (tertiary/aromatic N) is 2. The minimum Gasteiger partial charge on any atom is -0.348 e. The quantitative estimate of drug-likeness (QED) is 0.891. The molecule has 0 saturated carbocycles. The average Bonchev–Trinajstić information content (AvgIpc) is 2.70. The Kier molecular flexibility index (Phi) is 6.30. The maximum Gasteiger partial charge on any atom is 0.185 e. The monoisotopic (exact) mass is 295 g/mol. The van der Waals surface area contributed by atoms with Gasteiger partial charge < -0.3 is 10.2 Å². The fourth-order valence-corrected chi connectivity index (χ4v) is 3.71. The van der Waals surface area contributed by atoms with E-state index in [2.05, 4.69) is 31.0 Å². The molecule has 1 aliphatic rings. The van der Waals surface area contributed by atoms with Gasteiger partial charge >= 0.3 is 0 Å². The lowest BCUT2D eigenvalue weighted by molar-refractivity contribution is 0.553. The van der Waals surface area contributed by atoms with E-state index in [4.69, 9.17) is 4.98 Å². The summed E-state index contributed by atoms with van der Waals surface area (Å²) in [5, 5.41) is 4.77. The lowest BCUT2D eigenvalue weighted by atomic mass is 10.1. The highest BCUT2D eigenvalue weighted by Gasteiger charge is 2.15. The molecule has 114 valence electrons. The predicted octanol–water partition coefficient (Wildman–Crippen LogP) is 3.97. The van der Waals surface area contributed by atoms with Gasteiger partial charge in [0.1, 0.15) is 0 Å². The molecular weight excluding hydrogens is 266 g/mol. The second kappa shape index (κ2) is 7.99. The van der Waals surface area contributed by atoms with Crippen molar-refractivity contribution in [2.75, 3.05) is 24.5 Å². The number of rotatable bonds is 5. The lowest BCUT2D eigenvalue weighted by Gasteiger charge is -2.23. The highest BCUT2D eigenvalue weighted by molar-refractivity contribution is 7.15. The van der Waals surface area contributed by atoms with Gasteiger partial charge in [-0.2, -0.15) is 0 Å². The van der Waals surface area contributed by atoms with Crippen LogP contribution in [0.25, 0.3) is 0 Å². The van der Waals surface area contributed by atoms with E-state index in [1.54, 1.807) is 0 Å². The zero-order valence-corrected chi connectivity index (χ0v) is 14.1. The average molecular weight is 295 g/mol. The van der Waals surface area contributed by atoms with Crippen LogP contribution < -0.4 is 10.2 Å². The molecule has 0 atom stereocenters. The van der Waals surface area contributed by atoms with E-state index in [0.717, 1.165) is 13.1 Å². The number of anilines is 1. The molecule has 1 aliphatic heterocycles. The van der Waals surface area contributed by atoms with Crippen molar-refractivity contribution in [2.45, 2.75) is 59.4 Å². The van der Waals surface area contributed by atoms with Crippen molar-refractivity contribution >= 4 is 16.5 Å². The van der Waals surface area contributed by atoms with Crippen molar-refractivity contribution in [1.29, 1.82) is 0 Å². The first kappa shape index (κ1) is 15.8. The summed E-state index contributed by atoms with van der Waals surface area (Å²) in [6.07, 6.45) is 6.81. The third-order valence-electron chi connectivity index (χ3n) is 3.85. The van der Waals surface area contributed by atoms with Gasteiger partial charge in [-0.25, -0.2) is 4.98 Å². The molecule has 0 aliphatic carbocycles. The van der Waals surface area contributed by atoms with Gasteiger partial charge in [0.2, 0.25) is 0 Å². The Morgan fingerprint density at radius 2 is 1.80 bits per heavy atom. The summed E-state index contributed by atoms with van der Waals surface area (Å²) in [5.41, 5.74) is 1.21. The van der Waals surface area contributed by atoms with Gasteiger partial charge in [0.25, 0.3) is 0 Å². The molecule has 1 N–H and O–H groups in total. The molecule has 2 rings (SSSR count). The third-order valence-corrected chi connectivity index (χ3v) is 5.06. The van der Waals surface area contributed by atoms with E-state index in [9.17, 15) is 0 Å². The fraction of sp³-hybridized carbons (Fsp3) is 0.812. The first-order valence-corrected chi connectivity index (χ1v) is 8.90. The van der Waals surface area contributed by atoms with Crippen molar-refractivity contribution in [3.63, 3.8) is 0 Å². The van der Waals surface area contributed by atoms with Gasteiger partial charge in [-0.05, 0) is 32.2 Å². The summed E-state index contributed by atoms with van der Waals surface area (Å²) >= 11 is 1.89. The van der Waals surface area contributed by atoms with Gasteiger partial charge in [0, 0.05) is 24.5 Å². The molecule has 0 radical (unpaired) electrons. The predicted molar refractivity (Wildman–Crippen MR) is 88.7 cm³/mol. The number of hydrogen-bond acceptors (Lipinski definition) is 4. The molecule has 1 aromatic rings. The third kappa shape index (κ3) is 4.74. The number of aromatic nitrogens is 1. The Morgan fingerprint density at radius 1 is 1.15 bits per heavy atom. The van der Waals surface area contributed by atoms with E-state index in [1.165, 1.54) is 60.9 Å². The number of nitrogens with one attached hydrogen (secondary N) is 1. The van der Waals surface area contributed by atoms with Gasteiger partial charge in [0.15, 0.2) is 5.13 Å². The maximum atomic E-state index is 4.81. The van der Waals surface area contributed by atoms with Crippen LogP contribution in [0.5, 0.6) is 0 Å². The molecule has 4 heteroatoms. The normalized spacial score (nSPS) is 17.3. The van der Waals surface area contributed by atoms with Crippen LogP contribution in [0.3, 0.4) is 0 Å². The van der Waals surface area contributed by atoms with Crippen LogP contribution in [0.4, 0.5) is 5.13 Å². The molecule has 3 nitrogen and oxygen atoms in total. The summed E-state index contributed by atoms with van der Waals surface area (Å²) in [4.78, 5) is 8.72. The minimum atomic E-state index is 0.706. The van der Waals surface area contributed by atoms with Crippen molar-refractivity contribution in [2.24, 2.45) is 5.92 Å². The SMILES string of the molecule is Cc1nc(N2CCCCCCC2)sc1CNCC(C)C. The molecule has 0 spiro atoms. The van der Waals surface area contributed by atoms with Crippen molar-refractivity contribution in [3.05, 3.63) is 10.6 Å². The second-order valence-electron chi connectivity index (χ2n) is 6.28. The van der Waals surface area contributed by atoms with Crippen LogP contribution in [0, 0.1) is 12.8 Å². The van der Waals surface area contributed by atoms with E-state index in [1.807, 2.05) is 11.3 Å². The molecule has 0 amide bonds. The number of hydrogen-bond donors (Lipinski definition) is 1. The largest absolute Gasteiger partial charge is 0.348 e. The number of thiazole rings is 1. The topological polar surface area (TPSA) is 28.2 Å². The van der Waals surface area contributed by atoms with Crippen molar-refractivity contribution < 1.29 is 0 Å². The molecular formula is C16H29N3S. The minimum absolute atomic E-state index is 0.706. The molecule has 1 saturated heterocycles. The maximum absolute atomic E-state index is 4.81. The summed E-state index contributed by atoms with van der Waals surface area (Å²) in [6, 6.07) is 0. The fourth-order valence-electron chi connectivity index (χ4n) is 2.63. The van der Waals surface area contributed by atoms with Crippen LogP contribution in [0.15, 0.2) is 0 Å². The molecule has 1 aromatic heterocycles. The van der Waals surface area contributed by atoms with Crippen molar-refractivity contribution in [3.8, 4) is 0 Å². The molecule has 0 aromatic carbocycles. The molecule has 2 heterocycles. The van der Waals surface area contributed by atoms with Crippen LogP contribution in [-0.2, 0) is 6.54 Å².